The van der Waals surface area contributed by atoms with Gasteiger partial charge in [0.2, 0.25) is 0 Å². The van der Waals surface area contributed by atoms with E-state index >= 15 is 0 Å². The van der Waals surface area contributed by atoms with Crippen LogP contribution in [0.2, 0.25) is 0 Å². The summed E-state index contributed by atoms with van der Waals surface area (Å²) in [6, 6.07) is 0. The van der Waals surface area contributed by atoms with Crippen molar-refractivity contribution in [3.8, 4) is 0 Å². The van der Waals surface area contributed by atoms with Gasteiger partial charge in [-0.2, -0.15) is 0 Å². The number of unbranched alkanes of at least 4 members (excludes halogenated alkanes) is 3. The predicted molar refractivity (Wildman–Crippen MR) is 253 cm³/mol. The lowest BCUT2D eigenvalue weighted by Crippen LogP contribution is -1.95. The summed E-state index contributed by atoms with van der Waals surface area (Å²) in [5, 5.41) is 0. The number of hydrogen-bond acceptors (Lipinski definition) is 20. The Kier molecular flexibility index (Phi) is 115. The van der Waals surface area contributed by atoms with Crippen LogP contribution in [0.3, 0.4) is 0 Å². The summed E-state index contributed by atoms with van der Waals surface area (Å²) in [5.41, 5.74) is 0. The van der Waals surface area contributed by atoms with Crippen LogP contribution in [0.4, 0.5) is 0 Å². The molecule has 0 aromatic carbocycles. The molecule has 20 heteroatoms. The molecule has 0 N–H and O–H groups in total. The van der Waals surface area contributed by atoms with Crippen molar-refractivity contribution in [3.05, 3.63) is 0 Å². The Morgan fingerprint density at radius 3 is 0.288 bits per heavy atom. The Labute approximate surface area is 398 Å². The number of carbonyl (C=O) groups excluding carboxylic acids is 10. The van der Waals surface area contributed by atoms with Crippen LogP contribution in [0.1, 0.15) is 178 Å². The van der Waals surface area contributed by atoms with Crippen LogP contribution in [0.15, 0.2) is 0 Å². The van der Waals surface area contributed by atoms with Crippen molar-refractivity contribution in [1.29, 1.82) is 0 Å². The summed E-state index contributed by atoms with van der Waals surface area (Å²) >= 11 is 0. The maximum absolute atomic E-state index is 9.82. The normalized spacial score (nSPS) is 7.79. The number of ether oxygens (including phenoxy) is 10. The maximum Gasteiger partial charge on any atom is 0.302 e. The first-order valence-corrected chi connectivity index (χ1v) is 22.0. The highest BCUT2D eigenvalue weighted by atomic mass is 16.6. The van der Waals surface area contributed by atoms with E-state index < -0.39 is 0 Å². The second-order valence-corrected chi connectivity index (χ2v) is 11.0. The molecule has 0 atom stereocenters. The summed E-state index contributed by atoms with van der Waals surface area (Å²) in [6.07, 6.45) is 5.54. The van der Waals surface area contributed by atoms with Crippen molar-refractivity contribution in [3.63, 3.8) is 0 Å². The fourth-order valence-corrected chi connectivity index (χ4v) is 2.53. The highest BCUT2D eigenvalue weighted by molar-refractivity contribution is 5.68. The van der Waals surface area contributed by atoms with Gasteiger partial charge in [0, 0.05) is 69.2 Å². The third-order valence-corrected chi connectivity index (χ3v) is 4.43. The van der Waals surface area contributed by atoms with Crippen LogP contribution >= 0.6 is 0 Å². The average Bonchev–Trinajstić information content (AvgIpc) is 3.16. The molecule has 0 saturated heterocycles. The number of carbonyl (C=O) groups is 10. The lowest BCUT2D eigenvalue weighted by atomic mass is 10.2. The Morgan fingerprint density at radius 2 is 0.273 bits per heavy atom. The summed E-state index contributed by atoms with van der Waals surface area (Å²) in [5.74, 6) is -2.11. The molecule has 0 heterocycles. The van der Waals surface area contributed by atoms with Crippen LogP contribution in [0, 0.1) is 0 Å². The molecule has 0 radical (unpaired) electrons. The van der Waals surface area contributed by atoms with Gasteiger partial charge in [-0.15, -0.1) is 0 Å². The maximum atomic E-state index is 9.82. The molecule has 0 rings (SSSR count). The molecule has 0 unspecified atom stereocenters. The van der Waals surface area contributed by atoms with Gasteiger partial charge in [-0.1, -0.05) is 39.5 Å². The fourth-order valence-electron chi connectivity index (χ4n) is 2.53. The van der Waals surface area contributed by atoms with E-state index in [1.54, 1.807) is 69.2 Å². The summed E-state index contributed by atoms with van der Waals surface area (Å²) in [4.78, 5) is 98.2. The summed E-state index contributed by atoms with van der Waals surface area (Å²) in [6.45, 7) is 41.0. The molecule has 398 valence electrons. The van der Waals surface area contributed by atoms with Crippen molar-refractivity contribution in [2.24, 2.45) is 0 Å². The number of hydrogen-bond donors (Lipinski definition) is 0. The molecule has 0 amide bonds. The van der Waals surface area contributed by atoms with Gasteiger partial charge >= 0.3 is 59.7 Å². The van der Waals surface area contributed by atoms with E-state index in [9.17, 15) is 47.9 Å². The molecular formula is C46H94O20. The van der Waals surface area contributed by atoms with Gasteiger partial charge in [-0.05, 0) is 69.2 Å². The van der Waals surface area contributed by atoms with Crippen molar-refractivity contribution in [2.75, 3.05) is 66.1 Å². The van der Waals surface area contributed by atoms with E-state index in [1.165, 1.54) is 94.9 Å². The van der Waals surface area contributed by atoms with Gasteiger partial charge in [-0.3, -0.25) is 47.9 Å². The molecule has 0 aliphatic heterocycles. The minimum Gasteiger partial charge on any atom is -0.466 e. The number of rotatable bonds is 13. The van der Waals surface area contributed by atoms with Crippen LogP contribution < -0.4 is 0 Å². The van der Waals surface area contributed by atoms with Gasteiger partial charge < -0.3 is 47.4 Å². The Hall–Kier alpha value is -5.30. The third-order valence-electron chi connectivity index (χ3n) is 4.43. The van der Waals surface area contributed by atoms with Gasteiger partial charge in [0.25, 0.3) is 0 Å². The van der Waals surface area contributed by atoms with Crippen molar-refractivity contribution >= 4 is 59.7 Å². The predicted octanol–water partition coefficient (Wildman–Crippen LogP) is 8.28. The topological polar surface area (TPSA) is 263 Å². The van der Waals surface area contributed by atoms with E-state index in [2.05, 4.69) is 61.2 Å². The lowest BCUT2D eigenvalue weighted by molar-refractivity contribution is -0.141. The van der Waals surface area contributed by atoms with Gasteiger partial charge in [0.1, 0.15) is 0 Å². The Bertz CT molecular complexity index is 823. The minimum absolute atomic E-state index is 0.211. The first-order chi connectivity index (χ1) is 30.6. The van der Waals surface area contributed by atoms with E-state index in [0.717, 1.165) is 0 Å². The van der Waals surface area contributed by atoms with E-state index in [4.69, 9.17) is 0 Å². The zero-order valence-electron chi connectivity index (χ0n) is 45.1. The van der Waals surface area contributed by atoms with Gasteiger partial charge in [0.15, 0.2) is 0 Å². The van der Waals surface area contributed by atoms with Crippen molar-refractivity contribution in [2.45, 2.75) is 178 Å². The second-order valence-electron chi connectivity index (χ2n) is 11.0. The van der Waals surface area contributed by atoms with Gasteiger partial charge in [-0.25, -0.2) is 0 Å². The largest absolute Gasteiger partial charge is 0.466 e. The van der Waals surface area contributed by atoms with Crippen LogP contribution in [0.25, 0.3) is 0 Å². The lowest BCUT2D eigenvalue weighted by Gasteiger charge is -1.89. The van der Waals surface area contributed by atoms with Gasteiger partial charge in [0.05, 0.1) is 66.1 Å². The second kappa shape index (κ2) is 86.7. The van der Waals surface area contributed by atoms with Crippen LogP contribution in [0.5, 0.6) is 0 Å². The van der Waals surface area contributed by atoms with E-state index in [0.29, 0.717) is 66.1 Å². The molecule has 0 aliphatic rings. The van der Waals surface area contributed by atoms with Crippen LogP contribution in [-0.4, -0.2) is 126 Å². The number of esters is 10. The molecule has 0 saturated carbocycles. The summed E-state index contributed by atoms with van der Waals surface area (Å²) < 4.78 is 44.0. The molecule has 0 aromatic rings. The van der Waals surface area contributed by atoms with E-state index in [-0.39, 0.29) is 59.7 Å². The minimum atomic E-state index is -0.211. The standard InChI is InChI=1S/C6H14.10C4H8O2/c1-3-5-6-4-2;10*1-3-6-4(2)5/h3-6H2,1-2H3;10*3H2,1-2H3. The SMILES string of the molecule is CCCCCC.CCOC(C)=O.CCOC(C)=O.CCOC(C)=O.CCOC(C)=O.CCOC(C)=O.CCOC(C)=O.CCOC(C)=O.CCOC(C)=O.CCOC(C)=O.CCOC(C)=O. The molecule has 0 bridgehead atoms. The molecule has 66 heavy (non-hydrogen) atoms. The molecule has 0 spiro atoms. The molecule has 20 nitrogen and oxygen atoms in total. The molecule has 0 aliphatic carbocycles. The average molecular weight is 967 g/mol. The third kappa shape index (κ3) is 255. The Morgan fingerprint density at radius 1 is 0.197 bits per heavy atom. The highest BCUT2D eigenvalue weighted by Crippen LogP contribution is 1.95. The molecular weight excluding hydrogens is 872 g/mol. The zero-order valence-corrected chi connectivity index (χ0v) is 45.1. The molecule has 0 aromatic heterocycles. The first-order valence-electron chi connectivity index (χ1n) is 22.0. The zero-order chi connectivity index (χ0) is 54.7. The highest BCUT2D eigenvalue weighted by Gasteiger charge is 1.86. The Balaban J connectivity index is -0.0000000560. The molecule has 0 fully saturated rings. The fraction of sp³-hybridized carbons (Fsp3) is 0.783. The van der Waals surface area contributed by atoms with Crippen molar-refractivity contribution < 1.29 is 95.3 Å². The first kappa shape index (κ1) is 87.6. The van der Waals surface area contributed by atoms with Crippen molar-refractivity contribution in [1.82, 2.24) is 0 Å². The quantitative estimate of drug-likeness (QED) is 0.0954. The monoisotopic (exact) mass is 967 g/mol. The van der Waals surface area contributed by atoms with E-state index in [1.807, 2.05) is 0 Å². The van der Waals surface area contributed by atoms with Crippen LogP contribution in [-0.2, 0) is 95.3 Å². The summed E-state index contributed by atoms with van der Waals surface area (Å²) in [7, 11) is 0. The smallest absolute Gasteiger partial charge is 0.302 e.